The van der Waals surface area contributed by atoms with Gasteiger partial charge in [0.25, 0.3) is 0 Å². The second-order valence-electron chi connectivity index (χ2n) is 14.6. The summed E-state index contributed by atoms with van der Waals surface area (Å²) >= 11 is 0. The topological polar surface area (TPSA) is 0 Å². The van der Waals surface area contributed by atoms with Gasteiger partial charge in [0.05, 0.1) is 8.07 Å². The lowest BCUT2D eigenvalue weighted by molar-refractivity contribution is 0.312. The predicted octanol–water partition coefficient (Wildman–Crippen LogP) is 10.7. The Morgan fingerprint density at radius 2 is 0.892 bits per heavy atom. The zero-order chi connectivity index (χ0) is 25.6. The molecular formula is C36H52Si. The Balaban J connectivity index is 1.31. The van der Waals surface area contributed by atoms with E-state index in [2.05, 4.69) is 87.6 Å². The molecule has 4 aliphatic rings. The van der Waals surface area contributed by atoms with Gasteiger partial charge in [0.1, 0.15) is 0 Å². The molecule has 0 saturated heterocycles. The second kappa shape index (κ2) is 10.7. The van der Waals surface area contributed by atoms with E-state index in [1.54, 1.807) is 11.1 Å². The number of hydrogen-bond acceptors (Lipinski definition) is 0. The summed E-state index contributed by atoms with van der Waals surface area (Å²) in [6.07, 6.45) is 14.7. The van der Waals surface area contributed by atoms with E-state index < -0.39 is 8.07 Å². The van der Waals surface area contributed by atoms with E-state index in [-0.39, 0.29) is 0 Å². The number of fused-ring (bicyclic) bond motifs is 2. The van der Waals surface area contributed by atoms with Crippen molar-refractivity contribution >= 4 is 8.07 Å². The largest absolute Gasteiger partial charge is 0.0689 e. The van der Waals surface area contributed by atoms with E-state index in [0.29, 0.717) is 0 Å². The molecule has 10 atom stereocenters. The minimum absolute atomic E-state index is 0.806. The van der Waals surface area contributed by atoms with E-state index in [4.69, 9.17) is 0 Å². The maximum absolute atomic E-state index is 2.89. The van der Waals surface area contributed by atoms with Gasteiger partial charge >= 0.3 is 0 Å². The smallest absolute Gasteiger partial charge is 0.0546 e. The fraction of sp³-hybridized carbons (Fsp3) is 0.667. The maximum atomic E-state index is 2.89. The lowest BCUT2D eigenvalue weighted by atomic mass is 9.78. The molecule has 0 heterocycles. The number of benzene rings is 2. The summed E-state index contributed by atoms with van der Waals surface area (Å²) in [6, 6.07) is 23.4. The van der Waals surface area contributed by atoms with Crippen molar-refractivity contribution < 1.29 is 0 Å². The molecule has 2 aromatic rings. The molecule has 0 amide bonds. The molecule has 4 fully saturated rings. The van der Waals surface area contributed by atoms with Crippen LogP contribution in [0.5, 0.6) is 0 Å². The first kappa shape index (κ1) is 25.9. The van der Waals surface area contributed by atoms with Gasteiger partial charge in [-0.05, 0) is 95.2 Å². The maximum Gasteiger partial charge on any atom is 0.0546 e. The van der Waals surface area contributed by atoms with E-state index in [9.17, 15) is 0 Å². The van der Waals surface area contributed by atoms with Gasteiger partial charge in [-0.15, -0.1) is 0 Å². The molecular weight excluding hydrogens is 460 g/mol. The first-order chi connectivity index (χ1) is 18.0. The van der Waals surface area contributed by atoms with Crippen LogP contribution in [0, 0.1) is 35.5 Å². The van der Waals surface area contributed by atoms with Crippen LogP contribution in [-0.2, 0) is 0 Å². The zero-order valence-corrected chi connectivity index (χ0v) is 25.1. The molecule has 0 radical (unpaired) electrons. The number of rotatable bonds is 4. The molecule has 1 heteroatoms. The van der Waals surface area contributed by atoms with Gasteiger partial charge in [-0.3, -0.25) is 0 Å². The summed E-state index contributed by atoms with van der Waals surface area (Å²) in [7, 11) is -1.49. The van der Waals surface area contributed by atoms with Crippen molar-refractivity contribution in [1.82, 2.24) is 0 Å². The van der Waals surface area contributed by atoms with Crippen LogP contribution in [0.15, 0.2) is 60.7 Å². The third-order valence-electron chi connectivity index (χ3n) is 12.3. The monoisotopic (exact) mass is 512 g/mol. The quantitative estimate of drug-likeness (QED) is 0.357. The highest BCUT2D eigenvalue weighted by molar-refractivity contribution is 6.80. The van der Waals surface area contributed by atoms with Gasteiger partial charge < -0.3 is 0 Å². The molecule has 0 aliphatic heterocycles. The van der Waals surface area contributed by atoms with E-state index >= 15 is 0 Å². The van der Waals surface area contributed by atoms with Crippen LogP contribution in [0.3, 0.4) is 0 Å². The average molecular weight is 513 g/mol. The normalized spacial score (nSPS) is 40.4. The van der Waals surface area contributed by atoms with Gasteiger partial charge in [-0.1, -0.05) is 126 Å². The summed E-state index contributed by atoms with van der Waals surface area (Å²) in [5.74, 6) is 7.26. The standard InChI is InChI=1S/C36H52Si/c1-25-23-33-29(27-15-7-5-8-16-27)19-11-13-21-31(33)35(25)37(3,4)36-26(2)24-34-30(20-12-14-22-32(34)36)28-17-9-6-10-18-28/h5-10,15-18,25-26,29-36H,11-14,19-24H2,1-4H3. The fourth-order valence-electron chi connectivity index (χ4n) is 11.5. The second-order valence-corrected chi connectivity index (χ2v) is 19.5. The van der Waals surface area contributed by atoms with Crippen molar-refractivity contribution in [3.05, 3.63) is 71.8 Å². The van der Waals surface area contributed by atoms with Crippen molar-refractivity contribution in [2.45, 2.75) is 114 Å². The van der Waals surface area contributed by atoms with Crippen LogP contribution in [0.4, 0.5) is 0 Å². The third-order valence-corrected chi connectivity index (χ3v) is 17.8. The number of hydrogen-bond donors (Lipinski definition) is 0. The molecule has 0 N–H and O–H groups in total. The van der Waals surface area contributed by atoms with Crippen LogP contribution in [-0.4, -0.2) is 8.07 Å². The van der Waals surface area contributed by atoms with Crippen LogP contribution < -0.4 is 0 Å². The Hall–Kier alpha value is -1.34. The van der Waals surface area contributed by atoms with Gasteiger partial charge in [-0.2, -0.15) is 0 Å². The first-order valence-corrected chi connectivity index (χ1v) is 19.2. The molecule has 2 aromatic carbocycles. The predicted molar refractivity (Wildman–Crippen MR) is 162 cm³/mol. The Morgan fingerprint density at radius 1 is 0.514 bits per heavy atom. The molecule has 0 aromatic heterocycles. The van der Waals surface area contributed by atoms with E-state index in [1.165, 1.54) is 64.2 Å². The van der Waals surface area contributed by atoms with Crippen molar-refractivity contribution in [3.8, 4) is 0 Å². The Morgan fingerprint density at radius 3 is 1.30 bits per heavy atom. The summed E-state index contributed by atoms with van der Waals surface area (Å²) in [4.78, 5) is 0. The Kier molecular flexibility index (Phi) is 7.47. The third kappa shape index (κ3) is 4.70. The minimum Gasteiger partial charge on any atom is -0.0689 e. The van der Waals surface area contributed by atoms with Gasteiger partial charge in [0.2, 0.25) is 0 Å². The fourth-order valence-corrected chi connectivity index (χ4v) is 18.2. The van der Waals surface area contributed by atoms with Crippen LogP contribution in [0.25, 0.3) is 0 Å². The summed E-state index contributed by atoms with van der Waals surface area (Å²) < 4.78 is 0. The highest BCUT2D eigenvalue weighted by Crippen LogP contribution is 2.66. The van der Waals surface area contributed by atoms with Gasteiger partial charge in [0.15, 0.2) is 0 Å². The van der Waals surface area contributed by atoms with Crippen LogP contribution >= 0.6 is 0 Å². The van der Waals surface area contributed by atoms with Crippen molar-refractivity contribution in [2.24, 2.45) is 35.5 Å². The molecule has 4 aliphatic carbocycles. The van der Waals surface area contributed by atoms with E-state index in [1.807, 2.05) is 0 Å². The Labute approximate surface area is 229 Å². The highest BCUT2D eigenvalue weighted by Gasteiger charge is 2.58. The molecule has 37 heavy (non-hydrogen) atoms. The summed E-state index contributed by atoms with van der Waals surface area (Å²) in [5.41, 5.74) is 5.34. The van der Waals surface area contributed by atoms with Crippen molar-refractivity contribution in [2.75, 3.05) is 0 Å². The highest BCUT2D eigenvalue weighted by atomic mass is 28.3. The molecule has 200 valence electrons. The molecule has 0 bridgehead atoms. The molecule has 6 rings (SSSR count). The molecule has 0 nitrogen and oxygen atoms in total. The molecule has 10 unspecified atom stereocenters. The van der Waals surface area contributed by atoms with Gasteiger partial charge in [-0.25, -0.2) is 0 Å². The average Bonchev–Trinajstić information content (AvgIpc) is 3.23. The first-order valence-electron chi connectivity index (χ1n) is 16.1. The molecule has 0 spiro atoms. The lowest BCUT2D eigenvalue weighted by Crippen LogP contribution is -2.46. The van der Waals surface area contributed by atoms with Crippen molar-refractivity contribution in [3.63, 3.8) is 0 Å². The lowest BCUT2D eigenvalue weighted by Gasteiger charge is -2.46. The Bertz CT molecular complexity index is 930. The van der Waals surface area contributed by atoms with E-state index in [0.717, 1.165) is 58.4 Å². The van der Waals surface area contributed by atoms with Gasteiger partial charge in [0, 0.05) is 0 Å². The van der Waals surface area contributed by atoms with Crippen LogP contribution in [0.1, 0.15) is 101 Å². The summed E-state index contributed by atoms with van der Waals surface area (Å²) in [5, 5.41) is 0. The minimum atomic E-state index is -1.49. The zero-order valence-electron chi connectivity index (χ0n) is 24.1. The SMILES string of the molecule is CC1CC2C(c3ccccc3)CCCCC2C1[Si](C)(C)C1C(C)CC2C(c3ccccc3)CCCCC21. The van der Waals surface area contributed by atoms with Crippen LogP contribution in [0.2, 0.25) is 24.2 Å². The van der Waals surface area contributed by atoms with Crippen molar-refractivity contribution in [1.29, 1.82) is 0 Å². The molecule has 4 saturated carbocycles. The summed E-state index contributed by atoms with van der Waals surface area (Å²) in [6.45, 7) is 11.2.